The number of fused-ring (bicyclic) bond motifs is 1. The molecule has 1 saturated carbocycles. The molecule has 2 aliphatic rings. The zero-order chi connectivity index (χ0) is 21.1. The van der Waals surface area contributed by atoms with Gasteiger partial charge in [0.2, 0.25) is 0 Å². The van der Waals surface area contributed by atoms with Crippen molar-refractivity contribution in [3.8, 4) is 0 Å². The van der Waals surface area contributed by atoms with Gasteiger partial charge in [0.05, 0.1) is 12.2 Å². The minimum Gasteiger partial charge on any atom is -0.411 e. The van der Waals surface area contributed by atoms with Gasteiger partial charge < -0.3 is 8.85 Å². The molecule has 2 aliphatic carbocycles. The molecule has 0 amide bonds. The number of allylic oxidation sites excluding steroid dienone is 2. The summed E-state index contributed by atoms with van der Waals surface area (Å²) in [6, 6.07) is 0. The summed E-state index contributed by atoms with van der Waals surface area (Å²) in [5.41, 5.74) is 3.01. The van der Waals surface area contributed by atoms with Crippen molar-refractivity contribution in [1.29, 1.82) is 0 Å². The number of hydrogen-bond acceptors (Lipinski definition) is 2. The molecule has 0 spiro atoms. The maximum absolute atomic E-state index is 6.99. The van der Waals surface area contributed by atoms with Gasteiger partial charge in [-0.1, -0.05) is 72.3 Å². The van der Waals surface area contributed by atoms with E-state index in [0.29, 0.717) is 0 Å². The topological polar surface area (TPSA) is 18.5 Å². The predicted octanol–water partition coefficient (Wildman–Crippen LogP) is 7.45. The van der Waals surface area contributed by atoms with E-state index in [0.717, 1.165) is 19.3 Å². The Morgan fingerprint density at radius 1 is 0.926 bits per heavy atom. The second-order valence-corrected chi connectivity index (χ2v) is 21.6. The summed E-state index contributed by atoms with van der Waals surface area (Å²) < 4.78 is 13.9. The van der Waals surface area contributed by atoms with Crippen molar-refractivity contribution in [2.24, 2.45) is 5.41 Å². The van der Waals surface area contributed by atoms with E-state index in [-0.39, 0.29) is 27.7 Å². The molecular weight excluding hydrogens is 364 g/mol. The molecule has 0 aromatic heterocycles. The van der Waals surface area contributed by atoms with E-state index in [4.69, 9.17) is 8.85 Å². The smallest absolute Gasteiger partial charge is 0.193 e. The average Bonchev–Trinajstić information content (AvgIpc) is 2.72. The average molecular weight is 409 g/mol. The Morgan fingerprint density at radius 2 is 1.41 bits per heavy atom. The molecular formula is C23H44O2Si2. The molecule has 4 heteroatoms. The van der Waals surface area contributed by atoms with E-state index >= 15 is 0 Å². The number of hydrogen-bond donors (Lipinski definition) is 0. The van der Waals surface area contributed by atoms with E-state index in [1.165, 1.54) is 11.1 Å². The summed E-state index contributed by atoms with van der Waals surface area (Å²) in [5.74, 6) is 0. The lowest BCUT2D eigenvalue weighted by molar-refractivity contribution is 0.0322. The van der Waals surface area contributed by atoms with Crippen LogP contribution in [0.2, 0.25) is 36.3 Å². The molecule has 2 rings (SSSR count). The van der Waals surface area contributed by atoms with Crippen molar-refractivity contribution in [3.05, 3.63) is 23.8 Å². The van der Waals surface area contributed by atoms with Crippen molar-refractivity contribution in [2.75, 3.05) is 0 Å². The molecule has 0 aromatic rings. The van der Waals surface area contributed by atoms with Gasteiger partial charge in [0, 0.05) is 5.41 Å². The fraction of sp³-hybridized carbons (Fsp3) is 0.826. The zero-order valence-electron chi connectivity index (χ0n) is 19.9. The molecule has 2 unspecified atom stereocenters. The van der Waals surface area contributed by atoms with Gasteiger partial charge in [0.25, 0.3) is 0 Å². The lowest BCUT2D eigenvalue weighted by atomic mass is 9.72. The highest BCUT2D eigenvalue weighted by Gasteiger charge is 2.50. The third kappa shape index (κ3) is 4.39. The van der Waals surface area contributed by atoms with Crippen molar-refractivity contribution in [3.63, 3.8) is 0 Å². The minimum absolute atomic E-state index is 0.0778. The fourth-order valence-corrected chi connectivity index (χ4v) is 6.30. The van der Waals surface area contributed by atoms with Crippen LogP contribution < -0.4 is 0 Å². The van der Waals surface area contributed by atoms with Gasteiger partial charge in [0.15, 0.2) is 16.6 Å². The Labute approximate surface area is 171 Å². The van der Waals surface area contributed by atoms with Crippen LogP contribution in [0.3, 0.4) is 0 Å². The molecule has 1 fully saturated rings. The Balaban J connectivity index is 2.40. The maximum Gasteiger partial charge on any atom is 0.193 e. The number of rotatable bonds is 4. The molecule has 2 nitrogen and oxygen atoms in total. The van der Waals surface area contributed by atoms with Crippen LogP contribution in [0.4, 0.5) is 0 Å². The normalized spacial score (nSPS) is 30.3. The second kappa shape index (κ2) is 6.96. The molecule has 0 heterocycles. The van der Waals surface area contributed by atoms with Gasteiger partial charge in [-0.3, -0.25) is 0 Å². The SMILES string of the molecule is C=C1CCC2=CC(O[Si](C)(C)C(C)(C)C)C(O[Si](C)(C)C(C)(C)C)C[C@]12C. The fourth-order valence-electron chi connectivity index (χ4n) is 3.72. The Kier molecular flexibility index (Phi) is 5.96. The van der Waals surface area contributed by atoms with Crippen LogP contribution in [0.25, 0.3) is 0 Å². The standard InChI is InChI=1S/C23H44O2Si2/c1-17-13-14-18-15-19(24-26(9,10)21(2,3)4)20(16-23(17,18)8)25-27(11,12)22(5,6)7/h15,19-20H,1,13-14,16H2,2-12H3/t19?,20?,23-/m1/s1. The van der Waals surface area contributed by atoms with Gasteiger partial charge in [-0.05, 0) is 55.5 Å². The molecule has 0 radical (unpaired) electrons. The summed E-state index contributed by atoms with van der Waals surface area (Å²) in [5, 5.41) is 0.402. The van der Waals surface area contributed by atoms with Crippen LogP contribution in [0.15, 0.2) is 23.8 Å². The first-order valence-corrected chi connectivity index (χ1v) is 16.5. The van der Waals surface area contributed by atoms with Gasteiger partial charge in [-0.2, -0.15) is 0 Å². The van der Waals surface area contributed by atoms with Crippen LogP contribution in [0.1, 0.15) is 67.7 Å². The van der Waals surface area contributed by atoms with E-state index in [2.05, 4.69) is 87.3 Å². The lowest BCUT2D eigenvalue weighted by Gasteiger charge is -2.48. The van der Waals surface area contributed by atoms with Crippen molar-refractivity contribution >= 4 is 16.6 Å². The van der Waals surface area contributed by atoms with E-state index in [9.17, 15) is 0 Å². The molecule has 3 atom stereocenters. The van der Waals surface area contributed by atoms with Crippen LogP contribution in [0.5, 0.6) is 0 Å². The largest absolute Gasteiger partial charge is 0.411 e. The highest BCUT2D eigenvalue weighted by molar-refractivity contribution is 6.74. The molecule has 0 bridgehead atoms. The zero-order valence-corrected chi connectivity index (χ0v) is 21.9. The molecule has 156 valence electrons. The van der Waals surface area contributed by atoms with E-state index in [1.807, 2.05) is 0 Å². The van der Waals surface area contributed by atoms with Gasteiger partial charge in [-0.15, -0.1) is 0 Å². The monoisotopic (exact) mass is 408 g/mol. The van der Waals surface area contributed by atoms with Crippen molar-refractivity contribution < 1.29 is 8.85 Å². The Hall–Kier alpha value is -0.166. The van der Waals surface area contributed by atoms with Crippen LogP contribution in [-0.4, -0.2) is 28.8 Å². The molecule has 27 heavy (non-hydrogen) atoms. The highest BCUT2D eigenvalue weighted by Crippen LogP contribution is 2.54. The predicted molar refractivity (Wildman–Crippen MR) is 123 cm³/mol. The molecule has 0 aliphatic heterocycles. The van der Waals surface area contributed by atoms with Crippen molar-refractivity contribution in [2.45, 2.75) is 116 Å². The molecule has 0 aromatic carbocycles. The van der Waals surface area contributed by atoms with Crippen molar-refractivity contribution in [1.82, 2.24) is 0 Å². The van der Waals surface area contributed by atoms with Crippen LogP contribution in [-0.2, 0) is 8.85 Å². The third-order valence-electron chi connectivity index (χ3n) is 8.02. The summed E-state index contributed by atoms with van der Waals surface area (Å²) >= 11 is 0. The Morgan fingerprint density at radius 3 is 1.89 bits per heavy atom. The first-order chi connectivity index (χ1) is 11.9. The van der Waals surface area contributed by atoms with Gasteiger partial charge in [0.1, 0.15) is 0 Å². The summed E-state index contributed by atoms with van der Waals surface area (Å²) in [7, 11) is -3.75. The Bertz CT molecular complexity index is 619. The lowest BCUT2D eigenvalue weighted by Crippen LogP contribution is -2.53. The van der Waals surface area contributed by atoms with Crippen LogP contribution >= 0.6 is 0 Å². The second-order valence-electron chi connectivity index (χ2n) is 12.1. The van der Waals surface area contributed by atoms with E-state index in [1.54, 1.807) is 0 Å². The van der Waals surface area contributed by atoms with Gasteiger partial charge >= 0.3 is 0 Å². The first-order valence-electron chi connectivity index (χ1n) is 10.7. The summed E-state index contributed by atoms with van der Waals surface area (Å²) in [4.78, 5) is 0. The van der Waals surface area contributed by atoms with E-state index < -0.39 is 16.6 Å². The molecule has 0 N–H and O–H groups in total. The third-order valence-corrected chi connectivity index (χ3v) is 17.0. The quantitative estimate of drug-likeness (QED) is 0.355. The summed E-state index contributed by atoms with van der Waals surface area (Å²) in [6.07, 6.45) is 5.91. The minimum atomic E-state index is -1.88. The molecule has 0 saturated heterocycles. The van der Waals surface area contributed by atoms with Gasteiger partial charge in [-0.25, -0.2) is 0 Å². The highest BCUT2D eigenvalue weighted by atomic mass is 28.4. The maximum atomic E-state index is 6.99. The summed E-state index contributed by atoms with van der Waals surface area (Å²) in [6.45, 7) is 30.2. The first kappa shape index (κ1) is 23.1. The van der Waals surface area contributed by atoms with Crippen LogP contribution in [0, 0.1) is 5.41 Å².